The number of aliphatic hydroxyl groups is 1. The van der Waals surface area contributed by atoms with Gasteiger partial charge in [0.15, 0.2) is 0 Å². The summed E-state index contributed by atoms with van der Waals surface area (Å²) in [7, 11) is 0. The fourth-order valence-corrected chi connectivity index (χ4v) is 3.05. The van der Waals surface area contributed by atoms with Crippen molar-refractivity contribution in [2.45, 2.75) is 19.5 Å². The van der Waals surface area contributed by atoms with Gasteiger partial charge in [-0.2, -0.15) is 0 Å². The van der Waals surface area contributed by atoms with Gasteiger partial charge in [0.1, 0.15) is 0 Å². The minimum absolute atomic E-state index is 0.0203. The molecule has 0 atom stereocenters. The molecule has 0 saturated carbocycles. The number of nitrogens with zero attached hydrogens (tertiary/aromatic N) is 5. The van der Waals surface area contributed by atoms with Gasteiger partial charge >= 0.3 is 121 Å². The Labute approximate surface area is 121 Å². The molecule has 0 unspecified atom stereocenters. The van der Waals surface area contributed by atoms with E-state index in [0.29, 0.717) is 19.5 Å². The molecular weight excluding hydrogens is 323 g/mol. The number of anilines is 1. The van der Waals surface area contributed by atoms with Crippen LogP contribution in [-0.2, 0) is 13.1 Å². The second kappa shape index (κ2) is 6.13. The summed E-state index contributed by atoms with van der Waals surface area (Å²) in [6, 6.07) is 5.94. The third-order valence-electron chi connectivity index (χ3n) is 2.88. The zero-order valence-electron chi connectivity index (χ0n) is 10.7. The molecule has 8 heteroatoms. The number of aromatic nitrogens is 5. The van der Waals surface area contributed by atoms with Crippen molar-refractivity contribution in [3.63, 3.8) is 0 Å². The van der Waals surface area contributed by atoms with Crippen molar-refractivity contribution in [2.24, 2.45) is 0 Å². The van der Waals surface area contributed by atoms with Crippen molar-refractivity contribution in [1.29, 1.82) is 0 Å². The number of nitrogens with one attached hydrogen (secondary N) is 1. The van der Waals surface area contributed by atoms with Crippen LogP contribution in [0.4, 0.5) is 5.69 Å². The number of hydrogen-bond donors (Lipinski definition) is 2. The summed E-state index contributed by atoms with van der Waals surface area (Å²) in [5.74, 6) is 0. The van der Waals surface area contributed by atoms with E-state index in [2.05, 4.69) is 23.6 Å². The van der Waals surface area contributed by atoms with Gasteiger partial charge in [-0.25, -0.2) is 0 Å². The Hall–Kier alpha value is -1.76. The molecule has 0 radical (unpaired) electrons. The van der Waals surface area contributed by atoms with Crippen LogP contribution in [0.1, 0.15) is 12.1 Å². The van der Waals surface area contributed by atoms with E-state index in [1.54, 1.807) is 4.68 Å². The van der Waals surface area contributed by atoms with E-state index >= 15 is 0 Å². The first-order chi connectivity index (χ1) is 9.86. The van der Waals surface area contributed by atoms with E-state index in [9.17, 15) is 0 Å². The Morgan fingerprint density at radius 1 is 1.30 bits per heavy atom. The van der Waals surface area contributed by atoms with Crippen molar-refractivity contribution in [3.8, 4) is 0 Å². The number of benzene rings is 1. The Bertz CT molecular complexity index is 694. The topological polar surface area (TPSA) is 88.8 Å². The summed E-state index contributed by atoms with van der Waals surface area (Å²) >= 11 is -0.0203. The van der Waals surface area contributed by atoms with E-state index in [1.807, 2.05) is 24.4 Å². The van der Waals surface area contributed by atoms with Crippen LogP contribution in [0.2, 0.25) is 0 Å². The number of aryl methyl sites for hydroxylation is 1. The molecule has 3 aromatic rings. The molecule has 0 aliphatic carbocycles. The van der Waals surface area contributed by atoms with E-state index in [4.69, 9.17) is 5.11 Å². The van der Waals surface area contributed by atoms with Crippen LogP contribution < -0.4 is 5.32 Å². The number of fused-ring (bicyclic) bond motifs is 1. The van der Waals surface area contributed by atoms with Crippen molar-refractivity contribution < 1.29 is 5.11 Å². The Morgan fingerprint density at radius 3 is 3.15 bits per heavy atom. The van der Waals surface area contributed by atoms with Gasteiger partial charge in [-0.15, -0.1) is 0 Å². The molecule has 0 bridgehead atoms. The maximum absolute atomic E-state index is 8.78. The fraction of sp³-hybridized carbons (Fsp3) is 0.333. The molecule has 20 heavy (non-hydrogen) atoms. The first-order valence-corrected chi connectivity index (χ1v) is 7.85. The molecular formula is C12H14N6OSe. The van der Waals surface area contributed by atoms with Crippen LogP contribution in [0.5, 0.6) is 0 Å². The van der Waals surface area contributed by atoms with Gasteiger partial charge in [0, 0.05) is 0 Å². The molecule has 2 aromatic heterocycles. The van der Waals surface area contributed by atoms with Gasteiger partial charge in [-0.05, 0) is 0 Å². The second-order valence-electron chi connectivity index (χ2n) is 4.34. The van der Waals surface area contributed by atoms with E-state index in [-0.39, 0.29) is 21.6 Å². The van der Waals surface area contributed by atoms with Crippen LogP contribution in [-0.4, -0.2) is 49.6 Å². The average molecular weight is 337 g/mol. The molecule has 0 aliphatic rings. The normalized spacial score (nSPS) is 11.1. The summed E-state index contributed by atoms with van der Waals surface area (Å²) < 4.78 is 10.5. The predicted molar refractivity (Wildman–Crippen MR) is 75.5 cm³/mol. The van der Waals surface area contributed by atoms with E-state index < -0.39 is 0 Å². The predicted octanol–water partition coefficient (Wildman–Crippen LogP) is 0.273. The minimum atomic E-state index is -0.0203. The summed E-state index contributed by atoms with van der Waals surface area (Å²) in [6.45, 7) is 1.44. The molecule has 0 aliphatic heterocycles. The van der Waals surface area contributed by atoms with Crippen LogP contribution in [0.25, 0.3) is 11.0 Å². The third-order valence-corrected chi connectivity index (χ3v) is 4.02. The molecule has 104 valence electrons. The van der Waals surface area contributed by atoms with Gasteiger partial charge in [-0.1, -0.05) is 0 Å². The van der Waals surface area contributed by atoms with Crippen molar-refractivity contribution in [3.05, 3.63) is 30.1 Å². The zero-order chi connectivity index (χ0) is 13.8. The van der Waals surface area contributed by atoms with Crippen LogP contribution in [0.3, 0.4) is 0 Å². The maximum atomic E-state index is 8.78. The SMILES string of the molecule is OCCCn1cc(CNc2cccc3n[se]nc23)nn1. The Morgan fingerprint density at radius 2 is 2.25 bits per heavy atom. The number of hydrogen-bond acceptors (Lipinski definition) is 6. The second-order valence-corrected chi connectivity index (χ2v) is 5.45. The summed E-state index contributed by atoms with van der Waals surface area (Å²) in [5, 5.41) is 20.2. The molecule has 2 N–H and O–H groups in total. The standard InChI is InChI=1S/C12H14N6OSe/c19-6-2-5-18-8-9(14-17-18)7-13-10-3-1-4-11-12(10)16-20-15-11/h1,3-4,8,13,19H,2,5-7H2. The average Bonchev–Trinajstić information content (AvgIpc) is 3.11. The molecule has 0 amide bonds. The van der Waals surface area contributed by atoms with Crippen molar-refractivity contribution in [2.75, 3.05) is 11.9 Å². The Kier molecular flexibility index (Phi) is 4.05. The zero-order valence-corrected chi connectivity index (χ0v) is 12.4. The number of rotatable bonds is 6. The molecule has 0 fully saturated rings. The molecule has 0 spiro atoms. The summed E-state index contributed by atoms with van der Waals surface area (Å²) in [5.41, 5.74) is 3.75. The quantitative estimate of drug-likeness (QED) is 0.628. The first-order valence-electron chi connectivity index (χ1n) is 6.32. The third kappa shape index (κ3) is 2.87. The van der Waals surface area contributed by atoms with Gasteiger partial charge < -0.3 is 0 Å². The van der Waals surface area contributed by atoms with Crippen LogP contribution in [0, 0.1) is 0 Å². The van der Waals surface area contributed by atoms with Crippen molar-refractivity contribution >= 4 is 31.7 Å². The van der Waals surface area contributed by atoms with Crippen LogP contribution >= 0.6 is 0 Å². The summed E-state index contributed by atoms with van der Waals surface area (Å²) in [4.78, 5) is 0. The van der Waals surface area contributed by atoms with Crippen LogP contribution in [0.15, 0.2) is 24.4 Å². The monoisotopic (exact) mass is 338 g/mol. The van der Waals surface area contributed by atoms with Gasteiger partial charge in [-0.3, -0.25) is 0 Å². The molecule has 0 saturated heterocycles. The first kappa shape index (κ1) is 13.2. The van der Waals surface area contributed by atoms with Gasteiger partial charge in [0.05, 0.1) is 0 Å². The van der Waals surface area contributed by atoms with E-state index in [0.717, 1.165) is 22.4 Å². The number of aliphatic hydroxyl groups excluding tert-OH is 1. The Balaban J connectivity index is 1.67. The molecule has 2 heterocycles. The van der Waals surface area contributed by atoms with E-state index in [1.165, 1.54) is 0 Å². The van der Waals surface area contributed by atoms with Crippen molar-refractivity contribution in [1.82, 2.24) is 23.0 Å². The molecule has 3 rings (SSSR count). The van der Waals surface area contributed by atoms with Gasteiger partial charge in [0.25, 0.3) is 0 Å². The molecule has 1 aromatic carbocycles. The fourth-order valence-electron chi connectivity index (χ4n) is 1.90. The molecule has 7 nitrogen and oxygen atoms in total. The summed E-state index contributed by atoms with van der Waals surface area (Å²) in [6.07, 6.45) is 2.57. The van der Waals surface area contributed by atoms with Gasteiger partial charge in [0.2, 0.25) is 0 Å².